The van der Waals surface area contributed by atoms with Gasteiger partial charge < -0.3 is 0 Å². The lowest BCUT2D eigenvalue weighted by Crippen LogP contribution is -2.26. The molecule has 0 aliphatic heterocycles. The highest BCUT2D eigenvalue weighted by atomic mass is 32.1. The van der Waals surface area contributed by atoms with Gasteiger partial charge in [-0.05, 0) is 18.6 Å². The standard InChI is InChI=1S/C15H11N3O2S/c1-10-13(19)16-15-18(17-10)14(20)12(21-15)9-5-8-11-6-3-2-4-7-11/h2-9H,1H3/b8-5+,12-9+. The van der Waals surface area contributed by atoms with Crippen LogP contribution in [0.4, 0.5) is 0 Å². The highest BCUT2D eigenvalue weighted by Gasteiger charge is 2.07. The van der Waals surface area contributed by atoms with E-state index in [1.165, 1.54) is 11.4 Å². The lowest BCUT2D eigenvalue weighted by molar-refractivity contribution is 0.833. The summed E-state index contributed by atoms with van der Waals surface area (Å²) in [5.41, 5.74) is 0.601. The molecule has 5 nitrogen and oxygen atoms in total. The quantitative estimate of drug-likeness (QED) is 0.709. The van der Waals surface area contributed by atoms with E-state index in [0.29, 0.717) is 9.49 Å². The van der Waals surface area contributed by atoms with Crippen molar-refractivity contribution < 1.29 is 0 Å². The average Bonchev–Trinajstić information content (AvgIpc) is 2.77. The maximum atomic E-state index is 12.1. The van der Waals surface area contributed by atoms with E-state index in [0.717, 1.165) is 16.9 Å². The van der Waals surface area contributed by atoms with Crippen LogP contribution in [0.5, 0.6) is 0 Å². The second kappa shape index (κ2) is 5.41. The maximum absolute atomic E-state index is 12.1. The van der Waals surface area contributed by atoms with Gasteiger partial charge in [-0.2, -0.15) is 14.6 Å². The Morgan fingerprint density at radius 2 is 1.95 bits per heavy atom. The zero-order valence-electron chi connectivity index (χ0n) is 11.2. The molecule has 0 saturated heterocycles. The van der Waals surface area contributed by atoms with Gasteiger partial charge in [0.25, 0.3) is 11.1 Å². The summed E-state index contributed by atoms with van der Waals surface area (Å²) in [4.78, 5) is 27.7. The second-order valence-electron chi connectivity index (χ2n) is 4.40. The predicted molar refractivity (Wildman–Crippen MR) is 83.3 cm³/mol. The molecule has 1 aromatic carbocycles. The number of benzene rings is 1. The molecule has 3 rings (SSSR count). The Bertz CT molecular complexity index is 987. The van der Waals surface area contributed by atoms with Crippen LogP contribution in [0.2, 0.25) is 0 Å². The van der Waals surface area contributed by atoms with Gasteiger partial charge in [-0.1, -0.05) is 53.8 Å². The summed E-state index contributed by atoms with van der Waals surface area (Å²) in [6, 6.07) is 9.77. The number of hydrogen-bond acceptors (Lipinski definition) is 5. The lowest BCUT2D eigenvalue weighted by Gasteiger charge is -1.89. The molecule has 2 aromatic heterocycles. The van der Waals surface area contributed by atoms with Crippen molar-refractivity contribution in [1.82, 2.24) is 14.6 Å². The van der Waals surface area contributed by atoms with Gasteiger partial charge in [0.2, 0.25) is 4.96 Å². The number of aromatic nitrogens is 3. The van der Waals surface area contributed by atoms with Gasteiger partial charge in [-0.15, -0.1) is 0 Å². The van der Waals surface area contributed by atoms with Crippen molar-refractivity contribution in [3.05, 3.63) is 72.9 Å². The van der Waals surface area contributed by atoms with Gasteiger partial charge in [-0.25, -0.2) is 0 Å². The molecule has 6 heteroatoms. The zero-order chi connectivity index (χ0) is 14.8. The molecule has 0 fully saturated rings. The van der Waals surface area contributed by atoms with Crippen molar-refractivity contribution in [2.45, 2.75) is 6.92 Å². The normalized spacial score (nSPS) is 12.5. The molecule has 0 radical (unpaired) electrons. The first-order valence-corrected chi connectivity index (χ1v) is 7.11. The van der Waals surface area contributed by atoms with Crippen molar-refractivity contribution in [3.63, 3.8) is 0 Å². The van der Waals surface area contributed by atoms with E-state index in [1.54, 1.807) is 12.2 Å². The minimum Gasteiger partial charge on any atom is -0.266 e. The first-order valence-electron chi connectivity index (χ1n) is 6.29. The van der Waals surface area contributed by atoms with Gasteiger partial charge in [0.15, 0.2) is 0 Å². The molecule has 0 aliphatic rings. The second-order valence-corrected chi connectivity index (χ2v) is 5.41. The predicted octanol–water partition coefficient (Wildman–Crippen LogP) is 1.03. The topological polar surface area (TPSA) is 64.3 Å². The Morgan fingerprint density at radius 3 is 2.71 bits per heavy atom. The molecule has 0 N–H and O–H groups in total. The van der Waals surface area contributed by atoms with Gasteiger partial charge in [0.05, 0.1) is 4.53 Å². The molecule has 0 bridgehead atoms. The Kier molecular flexibility index (Phi) is 3.45. The molecule has 0 spiro atoms. The van der Waals surface area contributed by atoms with E-state index in [2.05, 4.69) is 10.1 Å². The molecule has 0 saturated carbocycles. The van der Waals surface area contributed by atoms with E-state index in [9.17, 15) is 9.59 Å². The van der Waals surface area contributed by atoms with E-state index < -0.39 is 5.56 Å². The third kappa shape index (κ3) is 2.66. The minimum atomic E-state index is -0.400. The van der Waals surface area contributed by atoms with Crippen LogP contribution in [0.15, 0.2) is 46.0 Å². The van der Waals surface area contributed by atoms with Crippen molar-refractivity contribution >= 4 is 28.4 Å². The molecule has 0 amide bonds. The molecule has 0 aliphatic carbocycles. The van der Waals surface area contributed by atoms with Gasteiger partial charge in [-0.3, -0.25) is 9.59 Å². The van der Waals surface area contributed by atoms with Crippen molar-refractivity contribution in [2.24, 2.45) is 0 Å². The fraction of sp³-hybridized carbons (Fsp3) is 0.0667. The number of fused-ring (bicyclic) bond motifs is 1. The van der Waals surface area contributed by atoms with E-state index >= 15 is 0 Å². The third-order valence-electron chi connectivity index (χ3n) is 2.88. The summed E-state index contributed by atoms with van der Waals surface area (Å²) in [5.74, 6) is 0. The summed E-state index contributed by atoms with van der Waals surface area (Å²) < 4.78 is 1.66. The van der Waals surface area contributed by atoms with Crippen molar-refractivity contribution in [3.8, 4) is 0 Å². The summed E-state index contributed by atoms with van der Waals surface area (Å²) in [6.45, 7) is 1.54. The van der Waals surface area contributed by atoms with Crippen LogP contribution >= 0.6 is 11.3 Å². The molecular weight excluding hydrogens is 286 g/mol. The smallest absolute Gasteiger partial charge is 0.266 e. The molecular formula is C15H11N3O2S. The molecule has 2 heterocycles. The molecule has 3 aromatic rings. The van der Waals surface area contributed by atoms with Crippen LogP contribution in [0, 0.1) is 6.92 Å². The Hall–Kier alpha value is -2.60. The van der Waals surface area contributed by atoms with Crippen LogP contribution in [0.3, 0.4) is 0 Å². The highest BCUT2D eigenvalue weighted by molar-refractivity contribution is 7.15. The average molecular weight is 297 g/mol. The largest absolute Gasteiger partial charge is 0.295 e. The minimum absolute atomic E-state index is 0.216. The van der Waals surface area contributed by atoms with Crippen LogP contribution < -0.4 is 15.7 Å². The summed E-state index contributed by atoms with van der Waals surface area (Å²) in [7, 11) is 0. The van der Waals surface area contributed by atoms with E-state index in [4.69, 9.17) is 0 Å². The molecule has 104 valence electrons. The van der Waals surface area contributed by atoms with Gasteiger partial charge >= 0.3 is 0 Å². The number of nitrogens with zero attached hydrogens (tertiary/aromatic N) is 3. The zero-order valence-corrected chi connectivity index (χ0v) is 12.0. The number of hydrogen-bond donors (Lipinski definition) is 0. The van der Waals surface area contributed by atoms with Crippen molar-refractivity contribution in [1.29, 1.82) is 0 Å². The first-order chi connectivity index (χ1) is 10.1. The van der Waals surface area contributed by atoms with Gasteiger partial charge in [0.1, 0.15) is 5.69 Å². The monoisotopic (exact) mass is 297 g/mol. The maximum Gasteiger partial charge on any atom is 0.295 e. The molecule has 0 unspecified atom stereocenters. The molecule has 0 atom stereocenters. The summed E-state index contributed by atoms with van der Waals surface area (Å²) >= 11 is 1.15. The number of rotatable bonds is 2. The summed E-state index contributed by atoms with van der Waals surface area (Å²) in [6.07, 6.45) is 5.41. The fourth-order valence-corrected chi connectivity index (χ4v) is 2.67. The highest BCUT2D eigenvalue weighted by Crippen LogP contribution is 2.01. The van der Waals surface area contributed by atoms with Crippen LogP contribution in [0.25, 0.3) is 17.1 Å². The lowest BCUT2D eigenvalue weighted by atomic mass is 10.2. The Labute approximate surface area is 123 Å². The van der Waals surface area contributed by atoms with E-state index in [-0.39, 0.29) is 11.3 Å². The Morgan fingerprint density at radius 1 is 1.19 bits per heavy atom. The van der Waals surface area contributed by atoms with Gasteiger partial charge in [0, 0.05) is 0 Å². The first kappa shape index (κ1) is 13.4. The number of aryl methyl sites for hydroxylation is 1. The van der Waals surface area contributed by atoms with Crippen LogP contribution in [0.1, 0.15) is 11.3 Å². The van der Waals surface area contributed by atoms with Crippen LogP contribution in [-0.4, -0.2) is 14.6 Å². The van der Waals surface area contributed by atoms with E-state index in [1.807, 2.05) is 36.4 Å². The van der Waals surface area contributed by atoms with Crippen molar-refractivity contribution in [2.75, 3.05) is 0 Å². The summed E-state index contributed by atoms with van der Waals surface area (Å²) in [5, 5.41) is 3.96. The number of thiazole rings is 1. The SMILES string of the molecule is Cc1nn2c(=O)/c(=C\C=C\c3ccccc3)sc2nc1=O. The van der Waals surface area contributed by atoms with Crippen LogP contribution in [-0.2, 0) is 0 Å². The fourth-order valence-electron chi connectivity index (χ4n) is 1.81. The number of allylic oxidation sites excluding steroid dienone is 1. The molecule has 21 heavy (non-hydrogen) atoms. The Balaban J connectivity index is 2.07. The third-order valence-corrected chi connectivity index (χ3v) is 3.86.